The number of carbonyl (C=O) groups excluding carboxylic acids is 2. The van der Waals surface area contributed by atoms with E-state index >= 15 is 0 Å². The predicted octanol–water partition coefficient (Wildman–Crippen LogP) is 3.31. The van der Waals surface area contributed by atoms with E-state index in [1.54, 1.807) is 0 Å². The topological polar surface area (TPSA) is 76.1 Å². The van der Waals surface area contributed by atoms with Crippen LogP contribution in [-0.2, 0) is 4.79 Å². The Labute approximate surface area is 215 Å². The second kappa shape index (κ2) is 9.23. The molecule has 2 aliphatic heterocycles. The third-order valence-electron chi connectivity index (χ3n) is 9.98. The van der Waals surface area contributed by atoms with Gasteiger partial charge in [-0.15, -0.1) is 0 Å². The molecule has 6 aliphatic rings. The summed E-state index contributed by atoms with van der Waals surface area (Å²) in [4.78, 5) is 33.3. The molecule has 1 aromatic rings. The Kier molecular flexibility index (Phi) is 6.17. The summed E-state index contributed by atoms with van der Waals surface area (Å²) in [7, 11) is 0. The van der Waals surface area contributed by atoms with Crippen LogP contribution in [0.4, 0.5) is 10.5 Å². The van der Waals surface area contributed by atoms with E-state index in [4.69, 9.17) is 0 Å². The lowest BCUT2D eigenvalue weighted by molar-refractivity contribution is -0.163. The van der Waals surface area contributed by atoms with Crippen LogP contribution in [0, 0.1) is 37.0 Å². The summed E-state index contributed by atoms with van der Waals surface area (Å²) in [6.45, 7) is 8.82. The number of urea groups is 1. The fraction of sp³-hybridized carbons (Fsp3) is 0.724. The van der Waals surface area contributed by atoms with E-state index in [0.29, 0.717) is 24.3 Å². The van der Waals surface area contributed by atoms with E-state index in [9.17, 15) is 14.7 Å². The standard InChI is InChI=1S/C29H42N4O3/c1-19-5-6-25(20(2)12-19)31-8-10-32(11-9-31)28(36)33-7-3-4-24(18-33)30-27(35)29-15-21-13-22(16-29)26(34)23(14-21)17-29/h5-6,12,21-24,26,34H,3-4,7-11,13-18H2,1-2H3,(H,30,35)/t21?,22?,23?,24-,26?,29?/m0/s1. The van der Waals surface area contributed by atoms with Gasteiger partial charge in [0.15, 0.2) is 0 Å². The molecule has 4 aliphatic carbocycles. The smallest absolute Gasteiger partial charge is 0.320 e. The molecule has 6 fully saturated rings. The first kappa shape index (κ1) is 24.1. The van der Waals surface area contributed by atoms with Crippen LogP contribution in [0.2, 0.25) is 0 Å². The zero-order valence-electron chi connectivity index (χ0n) is 21.9. The minimum atomic E-state index is -0.285. The Morgan fingerprint density at radius 3 is 2.39 bits per heavy atom. The molecule has 4 bridgehead atoms. The number of carbonyl (C=O) groups is 2. The molecule has 0 radical (unpaired) electrons. The number of piperidine rings is 1. The number of likely N-dealkylation sites (tertiary alicyclic amines) is 1. The lowest BCUT2D eigenvalue weighted by Gasteiger charge is -2.58. The number of rotatable bonds is 3. The van der Waals surface area contributed by atoms with Crippen LogP contribution in [0.1, 0.15) is 56.1 Å². The molecular formula is C29H42N4O3. The molecule has 1 aromatic carbocycles. The number of nitrogens with one attached hydrogen (secondary N) is 1. The van der Waals surface area contributed by atoms with Crippen LogP contribution in [-0.4, -0.2) is 78.3 Å². The number of hydrogen-bond acceptors (Lipinski definition) is 4. The molecule has 2 heterocycles. The Balaban J connectivity index is 1.04. The average molecular weight is 495 g/mol. The van der Waals surface area contributed by atoms with Gasteiger partial charge in [0, 0.05) is 51.0 Å². The lowest BCUT2D eigenvalue weighted by atomic mass is 9.48. The van der Waals surface area contributed by atoms with Crippen molar-refractivity contribution in [3.63, 3.8) is 0 Å². The molecule has 7 rings (SSSR count). The fourth-order valence-corrected chi connectivity index (χ4v) is 8.38. The maximum Gasteiger partial charge on any atom is 0.320 e. The molecule has 196 valence electrons. The third kappa shape index (κ3) is 4.27. The molecule has 3 amide bonds. The predicted molar refractivity (Wildman–Crippen MR) is 140 cm³/mol. The quantitative estimate of drug-likeness (QED) is 0.676. The van der Waals surface area contributed by atoms with Crippen molar-refractivity contribution in [2.75, 3.05) is 44.2 Å². The molecule has 3 atom stereocenters. The van der Waals surface area contributed by atoms with Gasteiger partial charge in [-0.05, 0) is 88.2 Å². The van der Waals surface area contributed by atoms with Crippen molar-refractivity contribution in [3.8, 4) is 0 Å². The SMILES string of the molecule is Cc1ccc(N2CCN(C(=O)N3CCC[C@H](NC(=O)C45CC6CC(C4)C(O)C(C6)C5)C3)CC2)c(C)c1. The number of piperazine rings is 1. The number of aryl methyl sites for hydroxylation is 2. The first-order valence-corrected chi connectivity index (χ1v) is 14.2. The minimum Gasteiger partial charge on any atom is -0.393 e. The van der Waals surface area contributed by atoms with Crippen LogP contribution < -0.4 is 10.2 Å². The largest absolute Gasteiger partial charge is 0.393 e. The Morgan fingerprint density at radius 1 is 0.972 bits per heavy atom. The van der Waals surface area contributed by atoms with Crippen molar-refractivity contribution in [1.82, 2.24) is 15.1 Å². The number of anilines is 1. The number of benzene rings is 1. The molecule has 7 heteroatoms. The van der Waals surface area contributed by atoms with Gasteiger partial charge in [0.25, 0.3) is 0 Å². The van der Waals surface area contributed by atoms with Crippen molar-refractivity contribution in [1.29, 1.82) is 0 Å². The van der Waals surface area contributed by atoms with Gasteiger partial charge >= 0.3 is 6.03 Å². The summed E-state index contributed by atoms with van der Waals surface area (Å²) >= 11 is 0. The number of amides is 3. The zero-order valence-corrected chi connectivity index (χ0v) is 21.9. The van der Waals surface area contributed by atoms with Crippen molar-refractivity contribution >= 4 is 17.6 Å². The molecule has 2 unspecified atom stereocenters. The normalized spacial score (nSPS) is 35.8. The highest BCUT2D eigenvalue weighted by Crippen LogP contribution is 2.60. The van der Waals surface area contributed by atoms with Crippen molar-refractivity contribution in [2.45, 2.75) is 70.9 Å². The molecular weight excluding hydrogens is 452 g/mol. The van der Waals surface area contributed by atoms with Gasteiger partial charge in [-0.2, -0.15) is 0 Å². The Bertz CT molecular complexity index is 1000. The first-order valence-electron chi connectivity index (χ1n) is 14.2. The van der Waals surface area contributed by atoms with Crippen LogP contribution >= 0.6 is 0 Å². The van der Waals surface area contributed by atoms with Crippen molar-refractivity contribution in [3.05, 3.63) is 29.3 Å². The maximum atomic E-state index is 13.6. The van der Waals surface area contributed by atoms with Gasteiger partial charge in [-0.1, -0.05) is 17.7 Å². The van der Waals surface area contributed by atoms with Crippen LogP contribution in [0.25, 0.3) is 0 Å². The summed E-state index contributed by atoms with van der Waals surface area (Å²) < 4.78 is 0. The summed E-state index contributed by atoms with van der Waals surface area (Å²) in [6, 6.07) is 6.73. The highest BCUT2D eigenvalue weighted by Gasteiger charge is 2.58. The molecule has 0 spiro atoms. The molecule has 4 saturated carbocycles. The van der Waals surface area contributed by atoms with Crippen molar-refractivity contribution in [2.24, 2.45) is 23.2 Å². The van der Waals surface area contributed by atoms with E-state index < -0.39 is 0 Å². The third-order valence-corrected chi connectivity index (χ3v) is 9.98. The molecule has 36 heavy (non-hydrogen) atoms. The van der Waals surface area contributed by atoms with Crippen LogP contribution in [0.5, 0.6) is 0 Å². The lowest BCUT2D eigenvalue weighted by Crippen LogP contribution is -2.61. The Hall–Kier alpha value is -2.28. The van der Waals surface area contributed by atoms with E-state index in [-0.39, 0.29) is 29.5 Å². The zero-order chi connectivity index (χ0) is 25.0. The van der Waals surface area contributed by atoms with Gasteiger partial charge in [-0.3, -0.25) is 4.79 Å². The van der Waals surface area contributed by atoms with E-state index in [1.165, 1.54) is 16.8 Å². The van der Waals surface area contributed by atoms with E-state index in [0.717, 1.165) is 77.7 Å². The average Bonchev–Trinajstić information content (AvgIpc) is 2.86. The van der Waals surface area contributed by atoms with Crippen LogP contribution in [0.15, 0.2) is 18.2 Å². The second-order valence-corrected chi connectivity index (χ2v) is 12.5. The minimum absolute atomic E-state index is 0.0321. The molecule has 2 N–H and O–H groups in total. The van der Waals surface area contributed by atoms with Crippen molar-refractivity contribution < 1.29 is 14.7 Å². The Morgan fingerprint density at radius 2 is 1.69 bits per heavy atom. The van der Waals surface area contributed by atoms with Crippen LogP contribution in [0.3, 0.4) is 0 Å². The molecule has 0 aromatic heterocycles. The molecule has 7 nitrogen and oxygen atoms in total. The maximum absolute atomic E-state index is 13.6. The van der Waals surface area contributed by atoms with Gasteiger partial charge in [0.2, 0.25) is 5.91 Å². The highest BCUT2D eigenvalue weighted by atomic mass is 16.3. The number of hydrogen-bond donors (Lipinski definition) is 2. The first-order chi connectivity index (χ1) is 17.3. The summed E-state index contributed by atoms with van der Waals surface area (Å²) in [5.41, 5.74) is 3.55. The molecule has 2 saturated heterocycles. The fourth-order valence-electron chi connectivity index (χ4n) is 8.38. The summed E-state index contributed by atoms with van der Waals surface area (Å²) in [5, 5.41) is 14.0. The van der Waals surface area contributed by atoms with E-state index in [2.05, 4.69) is 42.3 Å². The second-order valence-electron chi connectivity index (χ2n) is 12.5. The summed E-state index contributed by atoms with van der Waals surface area (Å²) in [6.07, 6.45) is 6.51. The van der Waals surface area contributed by atoms with Gasteiger partial charge in [-0.25, -0.2) is 4.79 Å². The number of aliphatic hydroxyl groups is 1. The monoisotopic (exact) mass is 494 g/mol. The number of aliphatic hydroxyl groups excluding tert-OH is 1. The summed E-state index contributed by atoms with van der Waals surface area (Å²) in [5.74, 6) is 1.39. The van der Waals surface area contributed by atoms with Gasteiger partial charge in [0.1, 0.15) is 0 Å². The van der Waals surface area contributed by atoms with Gasteiger partial charge in [0.05, 0.1) is 11.5 Å². The number of nitrogens with zero attached hydrogens (tertiary/aromatic N) is 3. The van der Waals surface area contributed by atoms with E-state index in [1.807, 2.05) is 9.80 Å². The highest BCUT2D eigenvalue weighted by molar-refractivity contribution is 5.83. The van der Waals surface area contributed by atoms with Gasteiger partial charge < -0.3 is 25.1 Å².